The lowest BCUT2D eigenvalue weighted by Gasteiger charge is -2.31. The van der Waals surface area contributed by atoms with Crippen LogP contribution in [0.15, 0.2) is 18.5 Å². The van der Waals surface area contributed by atoms with Crippen molar-refractivity contribution in [1.82, 2.24) is 10.3 Å². The molecule has 0 unspecified atom stereocenters. The number of aliphatic hydroxyl groups is 1. The van der Waals surface area contributed by atoms with Crippen LogP contribution in [0.5, 0.6) is 0 Å². The number of aliphatic hydroxyl groups excluding tert-OH is 1. The summed E-state index contributed by atoms with van der Waals surface area (Å²) in [7, 11) is 0. The second-order valence-corrected chi connectivity index (χ2v) is 4.50. The Morgan fingerprint density at radius 1 is 1.53 bits per heavy atom. The third-order valence-corrected chi connectivity index (χ3v) is 3.16. The molecule has 0 bridgehead atoms. The molecule has 0 atom stereocenters. The average Bonchev–Trinajstić information content (AvgIpc) is 2.18. The van der Waals surface area contributed by atoms with Gasteiger partial charge in [0.05, 0.1) is 11.1 Å². The molecular weight excluding hydrogens is 212 g/mol. The van der Waals surface area contributed by atoms with Crippen molar-refractivity contribution in [3.63, 3.8) is 0 Å². The summed E-state index contributed by atoms with van der Waals surface area (Å²) in [5.74, 6) is 0.626. The molecule has 0 radical (unpaired) electrons. The first-order chi connectivity index (χ1) is 7.25. The minimum Gasteiger partial charge on any atom is -0.393 e. The van der Waals surface area contributed by atoms with E-state index in [9.17, 15) is 0 Å². The molecule has 15 heavy (non-hydrogen) atoms. The molecular formula is C11H15ClN2O. The van der Waals surface area contributed by atoms with Gasteiger partial charge >= 0.3 is 0 Å². The predicted molar refractivity (Wildman–Crippen MR) is 59.7 cm³/mol. The van der Waals surface area contributed by atoms with Gasteiger partial charge in [0.2, 0.25) is 0 Å². The molecule has 1 saturated carbocycles. The Kier molecular flexibility index (Phi) is 3.57. The van der Waals surface area contributed by atoms with Crippen LogP contribution in [0.25, 0.3) is 0 Å². The summed E-state index contributed by atoms with van der Waals surface area (Å²) < 4.78 is 0. The minimum atomic E-state index is -0.0682. The van der Waals surface area contributed by atoms with Crippen LogP contribution in [0.4, 0.5) is 0 Å². The molecule has 1 aliphatic rings. The molecule has 0 aromatic carbocycles. The van der Waals surface area contributed by atoms with Crippen LogP contribution in [0.2, 0.25) is 5.02 Å². The monoisotopic (exact) mass is 226 g/mol. The smallest absolute Gasteiger partial charge is 0.0634 e. The third-order valence-electron chi connectivity index (χ3n) is 2.82. The molecule has 3 nitrogen and oxygen atoms in total. The van der Waals surface area contributed by atoms with Crippen molar-refractivity contribution in [2.75, 3.05) is 6.54 Å². The van der Waals surface area contributed by atoms with Gasteiger partial charge in [-0.1, -0.05) is 11.6 Å². The van der Waals surface area contributed by atoms with E-state index < -0.39 is 0 Å². The van der Waals surface area contributed by atoms with Crippen LogP contribution in [0.3, 0.4) is 0 Å². The van der Waals surface area contributed by atoms with E-state index in [1.54, 1.807) is 12.4 Å². The zero-order valence-corrected chi connectivity index (χ0v) is 9.24. The molecule has 2 rings (SSSR count). The van der Waals surface area contributed by atoms with Gasteiger partial charge in [0, 0.05) is 18.9 Å². The summed E-state index contributed by atoms with van der Waals surface area (Å²) >= 11 is 5.97. The van der Waals surface area contributed by atoms with Gasteiger partial charge in [-0.25, -0.2) is 0 Å². The fourth-order valence-electron chi connectivity index (χ4n) is 1.83. The summed E-state index contributed by atoms with van der Waals surface area (Å²) in [6.07, 6.45) is 5.19. The quantitative estimate of drug-likeness (QED) is 0.820. The Hall–Kier alpha value is -0.640. The van der Waals surface area contributed by atoms with Gasteiger partial charge in [0.15, 0.2) is 0 Å². The third kappa shape index (κ3) is 2.91. The maximum atomic E-state index is 9.12. The highest BCUT2D eigenvalue weighted by molar-refractivity contribution is 6.31. The summed E-state index contributed by atoms with van der Waals surface area (Å²) in [4.78, 5) is 3.93. The number of hydrogen-bond acceptors (Lipinski definition) is 3. The molecule has 0 spiro atoms. The molecule has 0 amide bonds. The summed E-state index contributed by atoms with van der Waals surface area (Å²) in [6.45, 7) is 1.73. The topological polar surface area (TPSA) is 45.1 Å². The number of rotatable bonds is 4. The SMILES string of the molecule is OC1CC(CNCc2ccncc2Cl)C1. The van der Waals surface area contributed by atoms with Crippen molar-refractivity contribution in [2.24, 2.45) is 5.92 Å². The maximum absolute atomic E-state index is 9.12. The molecule has 82 valence electrons. The van der Waals surface area contributed by atoms with Gasteiger partial charge in [-0.3, -0.25) is 4.98 Å². The van der Waals surface area contributed by atoms with Gasteiger partial charge in [-0.2, -0.15) is 0 Å². The molecule has 0 saturated heterocycles. The fourth-order valence-corrected chi connectivity index (χ4v) is 2.01. The molecule has 4 heteroatoms. The Balaban J connectivity index is 1.72. The normalized spacial score (nSPS) is 24.9. The van der Waals surface area contributed by atoms with E-state index in [1.807, 2.05) is 6.07 Å². The predicted octanol–water partition coefficient (Wildman–Crippen LogP) is 1.60. The summed E-state index contributed by atoms with van der Waals surface area (Å²) in [6, 6.07) is 1.92. The Bertz CT molecular complexity index is 326. The van der Waals surface area contributed by atoms with Crippen LogP contribution in [0, 0.1) is 5.92 Å². The first-order valence-corrected chi connectivity index (χ1v) is 5.60. The molecule has 1 aromatic rings. The molecule has 1 aromatic heterocycles. The Morgan fingerprint density at radius 2 is 2.33 bits per heavy atom. The second-order valence-electron chi connectivity index (χ2n) is 4.09. The molecule has 1 heterocycles. The van der Waals surface area contributed by atoms with Gasteiger partial charge in [-0.15, -0.1) is 0 Å². The van der Waals surface area contributed by atoms with Gasteiger partial charge in [0.1, 0.15) is 0 Å². The van der Waals surface area contributed by atoms with E-state index in [0.29, 0.717) is 10.9 Å². The van der Waals surface area contributed by atoms with Crippen LogP contribution < -0.4 is 5.32 Å². The Labute approximate surface area is 94.5 Å². The van der Waals surface area contributed by atoms with Crippen LogP contribution >= 0.6 is 11.6 Å². The van der Waals surface area contributed by atoms with E-state index in [4.69, 9.17) is 16.7 Å². The van der Waals surface area contributed by atoms with E-state index in [2.05, 4.69) is 10.3 Å². The fraction of sp³-hybridized carbons (Fsp3) is 0.545. The van der Waals surface area contributed by atoms with E-state index >= 15 is 0 Å². The van der Waals surface area contributed by atoms with Crippen LogP contribution in [-0.4, -0.2) is 22.7 Å². The number of nitrogens with zero attached hydrogens (tertiary/aromatic N) is 1. The standard InChI is InChI=1S/C11H15ClN2O/c12-11-7-13-2-1-9(11)6-14-5-8-3-10(15)4-8/h1-2,7-8,10,14-15H,3-6H2. The van der Waals surface area contributed by atoms with Gasteiger partial charge in [-0.05, 0) is 36.9 Å². The lowest BCUT2D eigenvalue weighted by Crippen LogP contribution is -2.35. The van der Waals surface area contributed by atoms with Crippen LogP contribution in [0.1, 0.15) is 18.4 Å². The number of hydrogen-bond donors (Lipinski definition) is 2. The largest absolute Gasteiger partial charge is 0.393 e. The molecule has 1 aliphatic carbocycles. The summed E-state index contributed by atoms with van der Waals surface area (Å²) in [5, 5.41) is 13.2. The summed E-state index contributed by atoms with van der Waals surface area (Å²) in [5.41, 5.74) is 1.08. The van der Waals surface area contributed by atoms with Crippen molar-refractivity contribution >= 4 is 11.6 Å². The van der Waals surface area contributed by atoms with Gasteiger partial charge < -0.3 is 10.4 Å². The van der Waals surface area contributed by atoms with Crippen LogP contribution in [-0.2, 0) is 6.54 Å². The van der Waals surface area contributed by atoms with Gasteiger partial charge in [0.25, 0.3) is 0 Å². The number of aromatic nitrogens is 1. The van der Waals surface area contributed by atoms with E-state index in [-0.39, 0.29) is 6.10 Å². The Morgan fingerprint density at radius 3 is 3.00 bits per heavy atom. The van der Waals surface area contributed by atoms with E-state index in [1.165, 1.54) is 0 Å². The highest BCUT2D eigenvalue weighted by Gasteiger charge is 2.26. The van der Waals surface area contributed by atoms with Crippen molar-refractivity contribution in [3.05, 3.63) is 29.0 Å². The van der Waals surface area contributed by atoms with E-state index in [0.717, 1.165) is 31.5 Å². The zero-order valence-electron chi connectivity index (χ0n) is 8.49. The molecule has 2 N–H and O–H groups in total. The highest BCUT2D eigenvalue weighted by atomic mass is 35.5. The minimum absolute atomic E-state index is 0.0682. The number of halogens is 1. The lowest BCUT2D eigenvalue weighted by atomic mass is 9.82. The molecule has 0 aliphatic heterocycles. The second kappa shape index (κ2) is 4.92. The van der Waals surface area contributed by atoms with Crippen molar-refractivity contribution < 1.29 is 5.11 Å². The lowest BCUT2D eigenvalue weighted by molar-refractivity contribution is 0.0430. The first-order valence-electron chi connectivity index (χ1n) is 5.23. The number of nitrogens with one attached hydrogen (secondary N) is 1. The maximum Gasteiger partial charge on any atom is 0.0634 e. The average molecular weight is 227 g/mol. The first kappa shape index (κ1) is 10.9. The number of pyridine rings is 1. The van der Waals surface area contributed by atoms with Crippen molar-refractivity contribution in [3.8, 4) is 0 Å². The highest BCUT2D eigenvalue weighted by Crippen LogP contribution is 2.26. The molecule has 1 fully saturated rings. The zero-order chi connectivity index (χ0) is 10.7. The van der Waals surface area contributed by atoms with Crippen molar-refractivity contribution in [1.29, 1.82) is 0 Å². The van der Waals surface area contributed by atoms with Crippen molar-refractivity contribution in [2.45, 2.75) is 25.5 Å².